The first kappa shape index (κ1) is 17.1. The summed E-state index contributed by atoms with van der Waals surface area (Å²) in [6.45, 7) is 5.60. The average molecular weight is 349 g/mol. The lowest BCUT2D eigenvalue weighted by Gasteiger charge is -2.30. The van der Waals surface area contributed by atoms with E-state index < -0.39 is 5.97 Å². The van der Waals surface area contributed by atoms with Crippen LogP contribution in [0.1, 0.15) is 0 Å². The second kappa shape index (κ2) is 7.92. The van der Waals surface area contributed by atoms with E-state index in [1.165, 1.54) is 0 Å². The van der Waals surface area contributed by atoms with E-state index in [0.717, 1.165) is 56.0 Å². The van der Waals surface area contributed by atoms with Gasteiger partial charge in [0.15, 0.2) is 0 Å². The Balaban J connectivity index is 1.70. The number of carbonyl (C=O) groups is 1. The molecule has 1 aromatic carbocycles. The number of aliphatic carboxylic acids is 1. The van der Waals surface area contributed by atoms with E-state index in [4.69, 9.17) is 9.84 Å². The number of carboxylic acid groups (broad SMARTS) is 1. The summed E-state index contributed by atoms with van der Waals surface area (Å²) in [7, 11) is 0. The van der Waals surface area contributed by atoms with Crippen LogP contribution in [-0.2, 0) is 16.1 Å². The highest BCUT2D eigenvalue weighted by Crippen LogP contribution is 2.26. The van der Waals surface area contributed by atoms with Crippen LogP contribution in [0.25, 0.3) is 10.9 Å². The standard InChI is InChI=1S/C17H23N3O3S/c1-24-20(7-6-18-8-10-23-11-9-18)15-2-3-16-14(12-15)4-5-19(16)13-17(21)22/h2-5,12H,6-11,13H2,1H3,(H,21,22). The zero-order valence-corrected chi connectivity index (χ0v) is 14.7. The Labute approximate surface area is 146 Å². The average Bonchev–Trinajstić information content (AvgIpc) is 2.98. The molecule has 2 heterocycles. The summed E-state index contributed by atoms with van der Waals surface area (Å²) in [5, 5.41) is 10.0. The second-order valence-corrected chi connectivity index (χ2v) is 6.63. The highest BCUT2D eigenvalue weighted by atomic mass is 32.2. The zero-order chi connectivity index (χ0) is 16.9. The maximum atomic E-state index is 10.9. The molecule has 6 nitrogen and oxygen atoms in total. The van der Waals surface area contributed by atoms with Crippen LogP contribution in [0.2, 0.25) is 0 Å². The van der Waals surface area contributed by atoms with Crippen molar-refractivity contribution in [1.82, 2.24) is 9.47 Å². The Bertz CT molecular complexity index is 697. The van der Waals surface area contributed by atoms with Crippen molar-refractivity contribution in [3.63, 3.8) is 0 Å². The number of fused-ring (bicyclic) bond motifs is 1. The Morgan fingerprint density at radius 1 is 1.33 bits per heavy atom. The van der Waals surface area contributed by atoms with Crippen molar-refractivity contribution in [2.75, 3.05) is 50.0 Å². The summed E-state index contributed by atoms with van der Waals surface area (Å²) in [5.74, 6) is -0.826. The van der Waals surface area contributed by atoms with Gasteiger partial charge >= 0.3 is 5.97 Å². The van der Waals surface area contributed by atoms with Crippen molar-refractivity contribution in [3.05, 3.63) is 30.5 Å². The quantitative estimate of drug-likeness (QED) is 0.773. The second-order valence-electron chi connectivity index (χ2n) is 5.82. The molecule has 1 saturated heterocycles. The van der Waals surface area contributed by atoms with Gasteiger partial charge < -0.3 is 18.7 Å². The van der Waals surface area contributed by atoms with Gasteiger partial charge in [0, 0.05) is 55.2 Å². The molecule has 0 spiro atoms. The fraction of sp³-hybridized carbons (Fsp3) is 0.471. The van der Waals surface area contributed by atoms with Gasteiger partial charge in [0.2, 0.25) is 0 Å². The largest absolute Gasteiger partial charge is 0.480 e. The minimum Gasteiger partial charge on any atom is -0.480 e. The topological polar surface area (TPSA) is 57.9 Å². The first-order valence-corrected chi connectivity index (χ1v) is 9.28. The first-order chi connectivity index (χ1) is 11.7. The molecular formula is C17H23N3O3S. The molecule has 0 amide bonds. The molecule has 130 valence electrons. The zero-order valence-electron chi connectivity index (χ0n) is 13.9. The predicted octanol–water partition coefficient (Wildman–Crippen LogP) is 2.14. The first-order valence-electron chi connectivity index (χ1n) is 8.10. The van der Waals surface area contributed by atoms with Crippen molar-refractivity contribution >= 4 is 34.5 Å². The summed E-state index contributed by atoms with van der Waals surface area (Å²) >= 11 is 1.71. The van der Waals surface area contributed by atoms with Crippen molar-refractivity contribution in [3.8, 4) is 0 Å². The fourth-order valence-electron chi connectivity index (χ4n) is 3.01. The van der Waals surface area contributed by atoms with E-state index >= 15 is 0 Å². The van der Waals surface area contributed by atoms with E-state index in [2.05, 4.69) is 27.6 Å². The molecule has 7 heteroatoms. The number of hydrogen-bond acceptors (Lipinski definition) is 5. The molecule has 0 aliphatic carbocycles. The van der Waals surface area contributed by atoms with E-state index in [1.54, 1.807) is 16.5 Å². The minimum atomic E-state index is -0.826. The number of anilines is 1. The molecule has 0 unspecified atom stereocenters. The van der Waals surface area contributed by atoms with Crippen LogP contribution in [0, 0.1) is 0 Å². The molecule has 1 aliphatic heterocycles. The third kappa shape index (κ3) is 4.03. The third-order valence-electron chi connectivity index (χ3n) is 4.29. The summed E-state index contributed by atoms with van der Waals surface area (Å²) < 4.78 is 9.43. The number of hydrogen-bond donors (Lipinski definition) is 1. The van der Waals surface area contributed by atoms with Gasteiger partial charge in [0.05, 0.1) is 13.2 Å². The molecule has 0 atom stereocenters. The van der Waals surface area contributed by atoms with E-state index in [1.807, 2.05) is 18.3 Å². The van der Waals surface area contributed by atoms with Crippen molar-refractivity contribution in [2.24, 2.45) is 0 Å². The Morgan fingerprint density at radius 3 is 2.83 bits per heavy atom. The lowest BCUT2D eigenvalue weighted by atomic mass is 10.2. The number of morpholine rings is 1. The van der Waals surface area contributed by atoms with Crippen molar-refractivity contribution in [1.29, 1.82) is 0 Å². The van der Waals surface area contributed by atoms with Gasteiger partial charge in [0.25, 0.3) is 0 Å². The number of nitrogens with zero attached hydrogens (tertiary/aromatic N) is 3. The van der Waals surface area contributed by atoms with Gasteiger partial charge in [-0.1, -0.05) is 11.9 Å². The van der Waals surface area contributed by atoms with Crippen LogP contribution in [0.5, 0.6) is 0 Å². The minimum absolute atomic E-state index is 0.00782. The number of ether oxygens (including phenoxy) is 1. The molecule has 1 N–H and O–H groups in total. The van der Waals surface area contributed by atoms with Crippen LogP contribution in [0.3, 0.4) is 0 Å². The Hall–Kier alpha value is -1.70. The van der Waals surface area contributed by atoms with Crippen LogP contribution >= 0.6 is 11.9 Å². The molecule has 1 fully saturated rings. The fourth-order valence-corrected chi connectivity index (χ4v) is 3.60. The number of rotatable bonds is 7. The van der Waals surface area contributed by atoms with Gasteiger partial charge in [-0.05, 0) is 24.3 Å². The molecule has 0 bridgehead atoms. The molecule has 3 rings (SSSR count). The molecule has 0 radical (unpaired) electrons. The number of benzene rings is 1. The number of carboxylic acids is 1. The highest BCUT2D eigenvalue weighted by Gasteiger charge is 2.13. The Kier molecular flexibility index (Phi) is 5.65. The van der Waals surface area contributed by atoms with Crippen LogP contribution in [0.15, 0.2) is 30.5 Å². The van der Waals surface area contributed by atoms with Crippen molar-refractivity contribution < 1.29 is 14.6 Å². The lowest BCUT2D eigenvalue weighted by molar-refractivity contribution is -0.137. The monoisotopic (exact) mass is 349 g/mol. The SMILES string of the molecule is CSN(CCN1CCOCC1)c1ccc2c(ccn2CC(=O)O)c1. The molecule has 1 aromatic heterocycles. The number of aromatic nitrogens is 1. The lowest BCUT2D eigenvalue weighted by Crippen LogP contribution is -2.40. The summed E-state index contributed by atoms with van der Waals surface area (Å²) in [6.07, 6.45) is 3.92. The van der Waals surface area contributed by atoms with Gasteiger partial charge in [-0.15, -0.1) is 0 Å². The van der Waals surface area contributed by atoms with Gasteiger partial charge in [-0.25, -0.2) is 0 Å². The normalized spacial score (nSPS) is 15.7. The van der Waals surface area contributed by atoms with E-state index in [0.29, 0.717) is 0 Å². The highest BCUT2D eigenvalue weighted by molar-refractivity contribution is 7.99. The van der Waals surface area contributed by atoms with Gasteiger partial charge in [-0.3, -0.25) is 9.69 Å². The molecular weight excluding hydrogens is 326 g/mol. The van der Waals surface area contributed by atoms with Crippen molar-refractivity contribution in [2.45, 2.75) is 6.54 Å². The maximum absolute atomic E-state index is 10.9. The molecule has 0 saturated carbocycles. The van der Waals surface area contributed by atoms with Gasteiger partial charge in [0.1, 0.15) is 6.54 Å². The van der Waals surface area contributed by atoms with Crippen LogP contribution in [0.4, 0.5) is 5.69 Å². The summed E-state index contributed by atoms with van der Waals surface area (Å²) in [6, 6.07) is 8.17. The Morgan fingerprint density at radius 2 is 2.12 bits per heavy atom. The third-order valence-corrected chi connectivity index (χ3v) is 5.13. The maximum Gasteiger partial charge on any atom is 0.323 e. The summed E-state index contributed by atoms with van der Waals surface area (Å²) in [5.41, 5.74) is 2.10. The van der Waals surface area contributed by atoms with E-state index in [9.17, 15) is 4.79 Å². The molecule has 24 heavy (non-hydrogen) atoms. The predicted molar refractivity (Wildman–Crippen MR) is 97.7 cm³/mol. The molecule has 2 aromatic rings. The summed E-state index contributed by atoms with van der Waals surface area (Å²) in [4.78, 5) is 13.3. The van der Waals surface area contributed by atoms with Gasteiger partial charge in [-0.2, -0.15) is 0 Å². The van der Waals surface area contributed by atoms with Crippen LogP contribution in [-0.4, -0.2) is 66.2 Å². The molecule has 1 aliphatic rings. The van der Waals surface area contributed by atoms with Crippen LogP contribution < -0.4 is 4.31 Å². The van der Waals surface area contributed by atoms with E-state index in [-0.39, 0.29) is 6.54 Å². The smallest absolute Gasteiger partial charge is 0.323 e.